The summed E-state index contributed by atoms with van der Waals surface area (Å²) in [5, 5.41) is 19.2. The second kappa shape index (κ2) is 6.17. The molecule has 8 nitrogen and oxygen atoms in total. The number of Topliss-reactive ketones (excluding diaryl/α,β-unsaturated/α-hetero) is 1. The molecule has 1 aliphatic heterocycles. The van der Waals surface area contributed by atoms with Crippen molar-refractivity contribution in [2.45, 2.75) is 6.04 Å². The molecule has 0 saturated heterocycles. The molecule has 1 aromatic carbocycles. The van der Waals surface area contributed by atoms with E-state index in [4.69, 9.17) is 8.83 Å². The van der Waals surface area contributed by atoms with Gasteiger partial charge in [0.2, 0.25) is 10.9 Å². The first-order valence-corrected chi connectivity index (χ1v) is 9.11. The van der Waals surface area contributed by atoms with Gasteiger partial charge in [-0.05, 0) is 18.2 Å². The summed E-state index contributed by atoms with van der Waals surface area (Å²) in [7, 11) is 0. The van der Waals surface area contributed by atoms with Crippen molar-refractivity contribution in [3.63, 3.8) is 0 Å². The van der Waals surface area contributed by atoms with Gasteiger partial charge in [-0.3, -0.25) is 14.5 Å². The van der Waals surface area contributed by atoms with Crippen LogP contribution in [0, 0.1) is 0 Å². The summed E-state index contributed by atoms with van der Waals surface area (Å²) in [5.74, 6) is -1.93. The number of aliphatic hydroxyl groups is 1. The number of carbonyl (C=O) groups is 2. The van der Waals surface area contributed by atoms with Crippen LogP contribution in [0.4, 0.5) is 5.13 Å². The van der Waals surface area contributed by atoms with Gasteiger partial charge in [-0.15, -0.1) is 10.2 Å². The number of hydrogen-bond acceptors (Lipinski definition) is 8. The van der Waals surface area contributed by atoms with E-state index in [9.17, 15) is 14.7 Å². The lowest BCUT2D eigenvalue weighted by Crippen LogP contribution is -2.30. The molecule has 0 fully saturated rings. The van der Waals surface area contributed by atoms with E-state index in [0.717, 1.165) is 16.7 Å². The zero-order valence-corrected chi connectivity index (χ0v) is 14.9. The number of aliphatic hydroxyl groups excluding tert-OH is 1. The Bertz CT molecular complexity index is 1190. The average Bonchev–Trinajstić information content (AvgIpc) is 3.49. The minimum absolute atomic E-state index is 0.0307. The van der Waals surface area contributed by atoms with Crippen LogP contribution in [0.3, 0.4) is 0 Å². The first-order valence-electron chi connectivity index (χ1n) is 8.23. The van der Waals surface area contributed by atoms with E-state index < -0.39 is 23.5 Å². The smallest absolute Gasteiger partial charge is 0.296 e. The number of furan rings is 2. The van der Waals surface area contributed by atoms with Gasteiger partial charge in [-0.2, -0.15) is 0 Å². The number of carbonyl (C=O) groups excluding carboxylic acids is 2. The quantitative estimate of drug-likeness (QED) is 0.527. The molecule has 5 rings (SSSR count). The zero-order valence-electron chi connectivity index (χ0n) is 14.1. The third-order valence-electron chi connectivity index (χ3n) is 4.52. The lowest BCUT2D eigenvalue weighted by molar-refractivity contribution is -0.117. The molecule has 0 spiro atoms. The molecule has 4 heterocycles. The van der Waals surface area contributed by atoms with Crippen molar-refractivity contribution in [3.05, 3.63) is 77.1 Å². The monoisotopic (exact) mass is 393 g/mol. The first kappa shape index (κ1) is 16.5. The van der Waals surface area contributed by atoms with Crippen LogP contribution in [0.25, 0.3) is 11.0 Å². The number of hydrogen-bond donors (Lipinski definition) is 1. The van der Waals surface area contributed by atoms with E-state index in [1.807, 2.05) is 12.1 Å². The molecule has 138 valence electrons. The summed E-state index contributed by atoms with van der Waals surface area (Å²) in [5.41, 5.74) is 2.43. The molecule has 9 heteroatoms. The molecule has 1 N–H and O–H groups in total. The van der Waals surface area contributed by atoms with E-state index in [0.29, 0.717) is 11.1 Å². The maximum atomic E-state index is 13.2. The molecule has 1 aliphatic rings. The minimum atomic E-state index is -0.903. The number of aromatic nitrogens is 2. The van der Waals surface area contributed by atoms with Crippen molar-refractivity contribution in [1.29, 1.82) is 0 Å². The maximum absolute atomic E-state index is 13.2. The van der Waals surface area contributed by atoms with Gasteiger partial charge in [-0.1, -0.05) is 29.5 Å². The van der Waals surface area contributed by atoms with Crippen molar-refractivity contribution in [2.24, 2.45) is 0 Å². The molecular formula is C19H11N3O5S. The second-order valence-electron chi connectivity index (χ2n) is 6.10. The SMILES string of the molecule is O=C(C1=C(O)C(=O)N(c2nncs2)C1c1ccoc1)c1cc2ccccc2o1. The third-order valence-corrected chi connectivity index (χ3v) is 5.20. The molecule has 0 bridgehead atoms. The molecule has 1 unspecified atom stereocenters. The number of ketones is 1. The van der Waals surface area contributed by atoms with Crippen LogP contribution in [0.1, 0.15) is 22.2 Å². The molecule has 1 amide bonds. The van der Waals surface area contributed by atoms with Gasteiger partial charge in [0.15, 0.2) is 11.5 Å². The first-order chi connectivity index (χ1) is 13.6. The number of amides is 1. The van der Waals surface area contributed by atoms with Gasteiger partial charge >= 0.3 is 0 Å². The van der Waals surface area contributed by atoms with Crippen LogP contribution < -0.4 is 4.90 Å². The van der Waals surface area contributed by atoms with E-state index in [2.05, 4.69) is 10.2 Å². The summed E-state index contributed by atoms with van der Waals surface area (Å²) in [6.45, 7) is 0. The van der Waals surface area contributed by atoms with E-state index in [1.165, 1.54) is 22.9 Å². The lowest BCUT2D eigenvalue weighted by Gasteiger charge is -2.22. The summed E-state index contributed by atoms with van der Waals surface area (Å²) in [6, 6.07) is 9.47. The number of benzene rings is 1. The van der Waals surface area contributed by atoms with Gasteiger partial charge in [-0.25, -0.2) is 0 Å². The number of rotatable bonds is 4. The highest BCUT2D eigenvalue weighted by molar-refractivity contribution is 7.13. The molecule has 1 atom stereocenters. The molecule has 0 saturated carbocycles. The van der Waals surface area contributed by atoms with Gasteiger partial charge < -0.3 is 13.9 Å². The van der Waals surface area contributed by atoms with Crippen LogP contribution in [-0.4, -0.2) is 27.0 Å². The zero-order chi connectivity index (χ0) is 19.3. The van der Waals surface area contributed by atoms with Crippen LogP contribution >= 0.6 is 11.3 Å². The van der Waals surface area contributed by atoms with E-state index >= 15 is 0 Å². The highest BCUT2D eigenvalue weighted by Gasteiger charge is 2.46. The Hall–Kier alpha value is -3.72. The summed E-state index contributed by atoms with van der Waals surface area (Å²) < 4.78 is 10.8. The Morgan fingerprint density at radius 3 is 2.82 bits per heavy atom. The van der Waals surface area contributed by atoms with Gasteiger partial charge in [0.05, 0.1) is 18.1 Å². The average molecular weight is 393 g/mol. The Morgan fingerprint density at radius 2 is 2.11 bits per heavy atom. The Kier molecular flexibility index (Phi) is 3.63. The largest absolute Gasteiger partial charge is 0.503 e. The highest BCUT2D eigenvalue weighted by Crippen LogP contribution is 2.42. The van der Waals surface area contributed by atoms with E-state index in [-0.39, 0.29) is 16.5 Å². The van der Waals surface area contributed by atoms with Crippen molar-refractivity contribution in [2.75, 3.05) is 4.90 Å². The predicted molar refractivity (Wildman–Crippen MR) is 99.0 cm³/mol. The summed E-state index contributed by atoms with van der Waals surface area (Å²) in [6.07, 6.45) is 2.84. The fourth-order valence-electron chi connectivity index (χ4n) is 3.28. The van der Waals surface area contributed by atoms with Crippen LogP contribution in [0.2, 0.25) is 0 Å². The topological polar surface area (TPSA) is 110 Å². The normalized spacial score (nSPS) is 17.1. The van der Waals surface area contributed by atoms with E-state index in [1.54, 1.807) is 24.3 Å². The lowest BCUT2D eigenvalue weighted by atomic mass is 9.97. The van der Waals surface area contributed by atoms with Crippen molar-refractivity contribution >= 4 is 39.1 Å². The van der Waals surface area contributed by atoms with Crippen molar-refractivity contribution in [3.8, 4) is 0 Å². The fraction of sp³-hybridized carbons (Fsp3) is 0.0526. The predicted octanol–water partition coefficient (Wildman–Crippen LogP) is 3.66. The van der Waals surface area contributed by atoms with Crippen LogP contribution in [0.5, 0.6) is 0 Å². The molecule has 28 heavy (non-hydrogen) atoms. The molecule has 4 aromatic rings. The molecule has 0 aliphatic carbocycles. The maximum Gasteiger partial charge on any atom is 0.296 e. The fourth-order valence-corrected chi connectivity index (χ4v) is 3.86. The number of para-hydroxylation sites is 1. The highest BCUT2D eigenvalue weighted by atomic mass is 32.1. The molecule has 3 aromatic heterocycles. The van der Waals surface area contributed by atoms with Crippen LogP contribution in [-0.2, 0) is 4.79 Å². The number of nitrogens with zero attached hydrogens (tertiary/aromatic N) is 3. The molecule has 0 radical (unpaired) electrons. The van der Waals surface area contributed by atoms with Crippen LogP contribution in [0.15, 0.2) is 74.6 Å². The van der Waals surface area contributed by atoms with Gasteiger partial charge in [0.25, 0.3) is 5.91 Å². The van der Waals surface area contributed by atoms with Crippen molar-refractivity contribution in [1.82, 2.24) is 10.2 Å². The minimum Gasteiger partial charge on any atom is -0.503 e. The number of fused-ring (bicyclic) bond motifs is 1. The third kappa shape index (κ3) is 2.37. The standard InChI is InChI=1S/C19H11N3O5S/c23-16(13-7-10-3-1-2-4-12(10)27-13)14-15(11-5-6-26-8-11)22(18(25)17(14)24)19-21-20-9-28-19/h1-9,15,24H. The Balaban J connectivity index is 1.65. The second-order valence-corrected chi connectivity index (χ2v) is 6.91. The van der Waals surface area contributed by atoms with Gasteiger partial charge in [0, 0.05) is 10.9 Å². The number of anilines is 1. The van der Waals surface area contributed by atoms with Gasteiger partial charge in [0.1, 0.15) is 17.1 Å². The van der Waals surface area contributed by atoms with Crippen molar-refractivity contribution < 1.29 is 23.5 Å². The summed E-state index contributed by atoms with van der Waals surface area (Å²) in [4.78, 5) is 27.2. The Labute approximate surface area is 161 Å². The molecular weight excluding hydrogens is 382 g/mol. The summed E-state index contributed by atoms with van der Waals surface area (Å²) >= 11 is 1.12. The Morgan fingerprint density at radius 1 is 1.25 bits per heavy atom.